The third kappa shape index (κ3) is 5.18. The molecule has 0 fully saturated rings. The highest BCUT2D eigenvalue weighted by atomic mass is 16.5. The van der Waals surface area contributed by atoms with E-state index in [1.54, 1.807) is 7.11 Å². The van der Waals surface area contributed by atoms with Crippen LogP contribution in [0.15, 0.2) is 84.9 Å². The molecule has 0 radical (unpaired) electrons. The second-order valence-corrected chi connectivity index (χ2v) is 8.63. The van der Waals surface area contributed by atoms with Crippen LogP contribution in [0.25, 0.3) is 12.2 Å². The lowest BCUT2D eigenvalue weighted by Gasteiger charge is -2.27. The second kappa shape index (κ2) is 9.79. The van der Waals surface area contributed by atoms with Crippen molar-refractivity contribution in [2.24, 2.45) is 0 Å². The van der Waals surface area contributed by atoms with E-state index in [1.165, 1.54) is 27.9 Å². The van der Waals surface area contributed by atoms with Gasteiger partial charge < -0.3 is 9.64 Å². The smallest absolute Gasteiger partial charge is 0.126 e. The van der Waals surface area contributed by atoms with Gasteiger partial charge in [0.25, 0.3) is 0 Å². The highest BCUT2D eigenvalue weighted by Gasteiger charge is 2.14. The Balaban J connectivity index is 1.71. The van der Waals surface area contributed by atoms with E-state index in [0.29, 0.717) is 0 Å². The quantitative estimate of drug-likeness (QED) is 0.282. The Kier molecular flexibility index (Phi) is 6.65. The van der Waals surface area contributed by atoms with Crippen molar-refractivity contribution < 1.29 is 4.74 Å². The molecule has 0 spiro atoms. The van der Waals surface area contributed by atoms with Crippen LogP contribution in [0, 0.1) is 27.7 Å². The molecule has 4 aromatic rings. The number of methoxy groups -OCH3 is 1. The Morgan fingerprint density at radius 2 is 1.18 bits per heavy atom. The molecule has 0 aromatic heterocycles. The normalized spacial score (nSPS) is 11.1. The maximum absolute atomic E-state index is 5.55. The number of hydrogen-bond acceptors (Lipinski definition) is 2. The lowest BCUT2D eigenvalue weighted by Crippen LogP contribution is -2.11. The summed E-state index contributed by atoms with van der Waals surface area (Å²) >= 11 is 0. The van der Waals surface area contributed by atoms with Crippen LogP contribution >= 0.6 is 0 Å². The number of anilines is 3. The second-order valence-electron chi connectivity index (χ2n) is 8.63. The van der Waals surface area contributed by atoms with Gasteiger partial charge in [-0.3, -0.25) is 0 Å². The van der Waals surface area contributed by atoms with Gasteiger partial charge in [-0.25, -0.2) is 0 Å². The molecule has 0 aliphatic carbocycles. The number of ether oxygens (including phenoxy) is 1. The number of aryl methyl sites for hydroxylation is 4. The van der Waals surface area contributed by atoms with Crippen LogP contribution in [-0.4, -0.2) is 7.11 Å². The molecule has 0 bridgehead atoms. The molecule has 0 heterocycles. The van der Waals surface area contributed by atoms with Gasteiger partial charge in [0, 0.05) is 22.6 Å². The Bertz CT molecular complexity index is 1220. The minimum Gasteiger partial charge on any atom is -0.496 e. The standard InChI is InChI=1S/C31H31NO/c1-22-7-15-28(16-8-22)32(29-17-9-23(2)10-18-29)30-19-12-26(21-25(30)4)11-14-27-13-6-24(3)20-31(27)33-5/h6-21H,1-5H3/b14-11+. The van der Waals surface area contributed by atoms with Crippen molar-refractivity contribution in [3.8, 4) is 5.75 Å². The molecule has 166 valence electrons. The Morgan fingerprint density at radius 3 is 1.73 bits per heavy atom. The molecule has 0 saturated carbocycles. The maximum Gasteiger partial charge on any atom is 0.126 e. The molecular formula is C31H31NO. The van der Waals surface area contributed by atoms with Gasteiger partial charge in [0.2, 0.25) is 0 Å². The molecule has 0 unspecified atom stereocenters. The van der Waals surface area contributed by atoms with Gasteiger partial charge in [-0.1, -0.05) is 65.7 Å². The zero-order chi connectivity index (χ0) is 23.4. The monoisotopic (exact) mass is 433 g/mol. The average Bonchev–Trinajstić information content (AvgIpc) is 2.82. The zero-order valence-electron chi connectivity index (χ0n) is 20.1. The molecule has 0 amide bonds. The minimum absolute atomic E-state index is 0.893. The van der Waals surface area contributed by atoms with Gasteiger partial charge in [-0.2, -0.15) is 0 Å². The molecule has 2 heteroatoms. The summed E-state index contributed by atoms with van der Waals surface area (Å²) in [5.74, 6) is 0.893. The molecule has 0 saturated heterocycles. The van der Waals surface area contributed by atoms with Crippen LogP contribution in [0.2, 0.25) is 0 Å². The van der Waals surface area contributed by atoms with Crippen LogP contribution in [-0.2, 0) is 0 Å². The largest absolute Gasteiger partial charge is 0.496 e. The van der Waals surface area contributed by atoms with Crippen molar-refractivity contribution in [3.05, 3.63) is 118 Å². The number of benzene rings is 4. The number of rotatable bonds is 6. The molecule has 33 heavy (non-hydrogen) atoms. The predicted molar refractivity (Wildman–Crippen MR) is 142 cm³/mol. The van der Waals surface area contributed by atoms with Crippen LogP contribution in [0.3, 0.4) is 0 Å². The molecule has 2 nitrogen and oxygen atoms in total. The first kappa shape index (κ1) is 22.4. The zero-order valence-corrected chi connectivity index (χ0v) is 20.1. The molecular weight excluding hydrogens is 402 g/mol. The first-order chi connectivity index (χ1) is 15.9. The van der Waals surface area contributed by atoms with E-state index in [1.807, 2.05) is 0 Å². The molecule has 0 N–H and O–H groups in total. The van der Waals surface area contributed by atoms with E-state index < -0.39 is 0 Å². The van der Waals surface area contributed by atoms with E-state index in [0.717, 1.165) is 28.3 Å². The van der Waals surface area contributed by atoms with Gasteiger partial charge in [-0.05, 0) is 86.8 Å². The van der Waals surface area contributed by atoms with Crippen LogP contribution in [0.1, 0.15) is 33.4 Å². The Hall–Kier alpha value is -3.78. The fraction of sp³-hybridized carbons (Fsp3) is 0.161. The van der Waals surface area contributed by atoms with Crippen molar-refractivity contribution in [1.29, 1.82) is 0 Å². The lowest BCUT2D eigenvalue weighted by molar-refractivity contribution is 0.413. The van der Waals surface area contributed by atoms with Crippen molar-refractivity contribution in [2.45, 2.75) is 27.7 Å². The molecule has 0 aliphatic rings. The van der Waals surface area contributed by atoms with Gasteiger partial charge in [0.1, 0.15) is 5.75 Å². The molecule has 4 rings (SSSR count). The lowest BCUT2D eigenvalue weighted by atomic mass is 10.0. The summed E-state index contributed by atoms with van der Waals surface area (Å²) in [4.78, 5) is 2.32. The Labute approximate surface area is 197 Å². The van der Waals surface area contributed by atoms with Crippen molar-refractivity contribution in [2.75, 3.05) is 12.0 Å². The topological polar surface area (TPSA) is 12.5 Å². The fourth-order valence-corrected chi connectivity index (χ4v) is 3.99. The summed E-state index contributed by atoms with van der Waals surface area (Å²) in [6, 6.07) is 30.3. The molecule has 0 aliphatic heterocycles. The SMILES string of the molecule is COc1cc(C)ccc1/C=C/c1ccc(N(c2ccc(C)cc2)c2ccc(C)cc2)c(C)c1. The van der Waals surface area contributed by atoms with E-state index in [9.17, 15) is 0 Å². The van der Waals surface area contributed by atoms with Gasteiger partial charge in [0.05, 0.1) is 7.11 Å². The number of nitrogens with zero attached hydrogens (tertiary/aromatic N) is 1. The summed E-state index contributed by atoms with van der Waals surface area (Å²) in [6.07, 6.45) is 4.26. The van der Waals surface area contributed by atoms with Crippen molar-refractivity contribution >= 4 is 29.2 Å². The van der Waals surface area contributed by atoms with E-state index in [2.05, 4.69) is 130 Å². The first-order valence-electron chi connectivity index (χ1n) is 11.3. The van der Waals surface area contributed by atoms with Gasteiger partial charge in [-0.15, -0.1) is 0 Å². The van der Waals surface area contributed by atoms with Crippen molar-refractivity contribution in [1.82, 2.24) is 0 Å². The maximum atomic E-state index is 5.55. The number of hydrogen-bond donors (Lipinski definition) is 0. The Morgan fingerprint density at radius 1 is 0.606 bits per heavy atom. The summed E-state index contributed by atoms with van der Waals surface area (Å²) in [7, 11) is 1.72. The molecule has 0 atom stereocenters. The van der Waals surface area contributed by atoms with Gasteiger partial charge in [0.15, 0.2) is 0 Å². The van der Waals surface area contributed by atoms with E-state index >= 15 is 0 Å². The van der Waals surface area contributed by atoms with Gasteiger partial charge >= 0.3 is 0 Å². The fourth-order valence-electron chi connectivity index (χ4n) is 3.99. The van der Waals surface area contributed by atoms with E-state index in [-0.39, 0.29) is 0 Å². The third-order valence-electron chi connectivity index (χ3n) is 5.89. The predicted octanol–water partition coefficient (Wildman–Crippen LogP) is 8.57. The van der Waals surface area contributed by atoms with Crippen LogP contribution in [0.5, 0.6) is 5.75 Å². The summed E-state index contributed by atoms with van der Waals surface area (Å²) in [6.45, 7) is 8.49. The average molecular weight is 434 g/mol. The highest BCUT2D eigenvalue weighted by molar-refractivity contribution is 5.80. The van der Waals surface area contributed by atoms with E-state index in [4.69, 9.17) is 4.74 Å². The summed E-state index contributed by atoms with van der Waals surface area (Å²) < 4.78 is 5.55. The minimum atomic E-state index is 0.893. The van der Waals surface area contributed by atoms with Crippen LogP contribution < -0.4 is 9.64 Å². The summed E-state index contributed by atoms with van der Waals surface area (Å²) in [5, 5.41) is 0. The highest BCUT2D eigenvalue weighted by Crippen LogP contribution is 2.37. The first-order valence-corrected chi connectivity index (χ1v) is 11.3. The van der Waals surface area contributed by atoms with Crippen molar-refractivity contribution in [3.63, 3.8) is 0 Å². The summed E-state index contributed by atoms with van der Waals surface area (Å²) in [5.41, 5.74) is 10.6. The molecule has 4 aromatic carbocycles. The third-order valence-corrected chi connectivity index (χ3v) is 5.89. The van der Waals surface area contributed by atoms with Crippen LogP contribution in [0.4, 0.5) is 17.1 Å².